The lowest BCUT2D eigenvalue weighted by Crippen LogP contribution is -2.52. The second-order valence-corrected chi connectivity index (χ2v) is 9.80. The molecule has 3 aromatic heterocycles. The van der Waals surface area contributed by atoms with Gasteiger partial charge in [0.05, 0.1) is 28.8 Å². The van der Waals surface area contributed by atoms with Crippen molar-refractivity contribution in [3.63, 3.8) is 0 Å². The third kappa shape index (κ3) is 3.58. The van der Waals surface area contributed by atoms with E-state index in [1.807, 2.05) is 43.3 Å². The Morgan fingerprint density at radius 2 is 1.89 bits per heavy atom. The largest absolute Gasteiger partial charge is 0.486 e. The standard InChI is InChI=1S/C27H23N7O4/c1-16-19-14-23(37-26(19)34(30-16)18-5-3-2-4-6-18)25(36)33-11-9-27(10-12-33)15-21(35)20-13-17(7-8-22(20)38-27)24-28-31-32-29-24/h2-8,13-14H,9-12,15H2,1H3,(H,28,29,31,32). The predicted molar refractivity (Wildman–Crippen MR) is 135 cm³/mol. The molecule has 5 aromatic rings. The van der Waals surface area contributed by atoms with E-state index in [2.05, 4.69) is 25.7 Å². The second kappa shape index (κ2) is 8.37. The van der Waals surface area contributed by atoms with Crippen molar-refractivity contribution in [1.82, 2.24) is 35.3 Å². The van der Waals surface area contributed by atoms with Crippen LogP contribution in [-0.4, -0.2) is 65.7 Å². The number of nitrogens with one attached hydrogen (secondary N) is 1. The molecule has 1 saturated heterocycles. The molecule has 7 rings (SSSR count). The zero-order valence-electron chi connectivity index (χ0n) is 20.5. The molecule has 2 aromatic carbocycles. The SMILES string of the molecule is Cc1nn(-c2ccccc2)c2oc(C(=O)N3CCC4(CC3)CC(=O)c3cc(-c5nnn[nH]5)ccc3O4)cc12. The number of hydrogen-bond donors (Lipinski definition) is 1. The number of ketones is 1. The fourth-order valence-electron chi connectivity index (χ4n) is 5.37. The van der Waals surface area contributed by atoms with Gasteiger partial charge in [-0.15, -0.1) is 5.10 Å². The number of H-pyrrole nitrogens is 1. The molecule has 0 radical (unpaired) electrons. The molecule has 190 valence electrons. The van der Waals surface area contributed by atoms with Crippen LogP contribution in [0.3, 0.4) is 0 Å². The first-order chi connectivity index (χ1) is 18.5. The van der Waals surface area contributed by atoms with Gasteiger partial charge in [0.2, 0.25) is 5.71 Å². The van der Waals surface area contributed by atoms with Crippen LogP contribution >= 0.6 is 0 Å². The van der Waals surface area contributed by atoms with Crippen LogP contribution in [-0.2, 0) is 0 Å². The summed E-state index contributed by atoms with van der Waals surface area (Å²) in [6.07, 6.45) is 1.36. The molecule has 2 aliphatic heterocycles. The maximum atomic E-state index is 13.4. The number of hydrogen-bond acceptors (Lipinski definition) is 8. The average molecular weight is 510 g/mol. The van der Waals surface area contributed by atoms with E-state index < -0.39 is 5.60 Å². The number of carbonyl (C=O) groups is 2. The highest BCUT2D eigenvalue weighted by atomic mass is 16.5. The number of aryl methyl sites for hydroxylation is 1. The van der Waals surface area contributed by atoms with E-state index in [-0.39, 0.29) is 23.9 Å². The van der Waals surface area contributed by atoms with Gasteiger partial charge in [0.15, 0.2) is 17.4 Å². The Balaban J connectivity index is 1.09. The Morgan fingerprint density at radius 1 is 1.08 bits per heavy atom. The summed E-state index contributed by atoms with van der Waals surface area (Å²) in [6.45, 7) is 2.82. The minimum atomic E-state index is -0.631. The molecule has 1 spiro atoms. The fourth-order valence-corrected chi connectivity index (χ4v) is 5.37. The highest BCUT2D eigenvalue weighted by Crippen LogP contribution is 2.41. The van der Waals surface area contributed by atoms with Crippen LogP contribution in [0.25, 0.3) is 28.2 Å². The van der Waals surface area contributed by atoms with Gasteiger partial charge in [-0.25, -0.2) is 5.10 Å². The predicted octanol–water partition coefficient (Wildman–Crippen LogP) is 3.75. The molecule has 0 bridgehead atoms. The number of para-hydroxylation sites is 1. The Kier molecular flexibility index (Phi) is 4.93. The molecule has 38 heavy (non-hydrogen) atoms. The molecular formula is C27H23N7O4. The highest BCUT2D eigenvalue weighted by Gasteiger charge is 2.44. The maximum Gasteiger partial charge on any atom is 0.289 e. The van der Waals surface area contributed by atoms with Crippen LogP contribution in [0.5, 0.6) is 5.75 Å². The van der Waals surface area contributed by atoms with Crippen LogP contribution in [0.1, 0.15) is 45.9 Å². The van der Waals surface area contributed by atoms with Crippen molar-refractivity contribution in [3.8, 4) is 22.8 Å². The molecule has 11 nitrogen and oxygen atoms in total. The van der Waals surface area contributed by atoms with Crippen molar-refractivity contribution >= 4 is 22.8 Å². The molecular weight excluding hydrogens is 486 g/mol. The van der Waals surface area contributed by atoms with Gasteiger partial charge in [-0.05, 0) is 47.7 Å². The monoisotopic (exact) mass is 509 g/mol. The summed E-state index contributed by atoms with van der Waals surface area (Å²) in [7, 11) is 0. The van der Waals surface area contributed by atoms with E-state index in [9.17, 15) is 9.59 Å². The maximum absolute atomic E-state index is 13.4. The van der Waals surface area contributed by atoms with Gasteiger partial charge in [-0.3, -0.25) is 9.59 Å². The summed E-state index contributed by atoms with van der Waals surface area (Å²) < 4.78 is 14.2. The first kappa shape index (κ1) is 22.4. The van der Waals surface area contributed by atoms with Crippen LogP contribution in [0.2, 0.25) is 0 Å². The first-order valence-electron chi connectivity index (χ1n) is 12.4. The number of aromatic nitrogens is 6. The van der Waals surface area contributed by atoms with Crippen LogP contribution in [0, 0.1) is 6.92 Å². The number of benzene rings is 2. The molecule has 0 atom stereocenters. The van der Waals surface area contributed by atoms with Gasteiger partial charge in [0.1, 0.15) is 11.4 Å². The average Bonchev–Trinajstić information content (AvgIpc) is 3.68. The second-order valence-electron chi connectivity index (χ2n) is 9.80. The number of likely N-dealkylation sites (tertiary alicyclic amines) is 1. The number of Topliss-reactive ketones (excluding diaryl/α,β-unsaturated/α-hetero) is 1. The number of fused-ring (bicyclic) bond motifs is 2. The number of nitrogens with zero attached hydrogens (tertiary/aromatic N) is 6. The lowest BCUT2D eigenvalue weighted by Gasteiger charge is -2.43. The number of tetrazole rings is 1. The third-order valence-corrected chi connectivity index (χ3v) is 7.43. The van der Waals surface area contributed by atoms with Crippen molar-refractivity contribution < 1.29 is 18.7 Å². The van der Waals surface area contributed by atoms with E-state index in [1.54, 1.807) is 27.8 Å². The topological polar surface area (TPSA) is 132 Å². The number of piperidine rings is 1. The molecule has 1 fully saturated rings. The van der Waals surface area contributed by atoms with E-state index in [1.165, 1.54) is 0 Å². The molecule has 0 aliphatic carbocycles. The van der Waals surface area contributed by atoms with Gasteiger partial charge in [0, 0.05) is 37.6 Å². The van der Waals surface area contributed by atoms with Gasteiger partial charge in [-0.1, -0.05) is 18.2 Å². The van der Waals surface area contributed by atoms with E-state index in [0.717, 1.165) is 22.3 Å². The van der Waals surface area contributed by atoms with Crippen LogP contribution < -0.4 is 4.74 Å². The lowest BCUT2D eigenvalue weighted by molar-refractivity contribution is -0.00637. The quantitative estimate of drug-likeness (QED) is 0.389. The summed E-state index contributed by atoms with van der Waals surface area (Å²) in [4.78, 5) is 28.3. The number of aromatic amines is 1. The van der Waals surface area contributed by atoms with Crippen LogP contribution in [0.15, 0.2) is 59.0 Å². The highest BCUT2D eigenvalue weighted by molar-refractivity contribution is 6.01. The van der Waals surface area contributed by atoms with Gasteiger partial charge in [0.25, 0.3) is 5.91 Å². The number of carbonyl (C=O) groups excluding carboxylic acids is 2. The fraction of sp³-hybridized carbons (Fsp3) is 0.259. The van der Waals surface area contributed by atoms with Crippen molar-refractivity contribution in [1.29, 1.82) is 0 Å². The Bertz CT molecular complexity index is 1680. The van der Waals surface area contributed by atoms with Gasteiger partial charge >= 0.3 is 0 Å². The number of furan rings is 1. The Morgan fingerprint density at radius 3 is 2.66 bits per heavy atom. The van der Waals surface area contributed by atoms with Gasteiger partial charge in [-0.2, -0.15) is 9.78 Å². The van der Waals surface area contributed by atoms with Crippen molar-refractivity contribution in [3.05, 3.63) is 71.6 Å². The minimum absolute atomic E-state index is 0.0126. The molecule has 1 N–H and O–H groups in total. The van der Waals surface area contributed by atoms with Crippen molar-refractivity contribution in [2.45, 2.75) is 31.8 Å². The van der Waals surface area contributed by atoms with Gasteiger partial charge < -0.3 is 14.1 Å². The van der Waals surface area contributed by atoms with Crippen molar-refractivity contribution in [2.75, 3.05) is 13.1 Å². The molecule has 1 amide bonds. The lowest BCUT2D eigenvalue weighted by atomic mass is 9.82. The van der Waals surface area contributed by atoms with Crippen LogP contribution in [0.4, 0.5) is 0 Å². The number of amides is 1. The molecule has 2 aliphatic rings. The van der Waals surface area contributed by atoms with E-state index >= 15 is 0 Å². The summed E-state index contributed by atoms with van der Waals surface area (Å²) in [6, 6.07) is 16.8. The Hall–Kier alpha value is -4.80. The smallest absolute Gasteiger partial charge is 0.289 e. The van der Waals surface area contributed by atoms with E-state index in [4.69, 9.17) is 9.15 Å². The summed E-state index contributed by atoms with van der Waals surface area (Å²) >= 11 is 0. The summed E-state index contributed by atoms with van der Waals surface area (Å²) in [5.41, 5.74) is 2.81. The minimum Gasteiger partial charge on any atom is -0.486 e. The zero-order valence-corrected chi connectivity index (χ0v) is 20.5. The normalized spacial score (nSPS) is 16.6. The Labute approximate surface area is 216 Å². The molecule has 0 saturated carbocycles. The zero-order chi connectivity index (χ0) is 25.9. The molecule has 11 heteroatoms. The van der Waals surface area contributed by atoms with Crippen molar-refractivity contribution in [2.24, 2.45) is 0 Å². The summed E-state index contributed by atoms with van der Waals surface area (Å²) in [5.74, 6) is 1.16. The summed E-state index contributed by atoms with van der Waals surface area (Å²) in [5, 5.41) is 19.2. The number of rotatable bonds is 3. The first-order valence-corrected chi connectivity index (χ1v) is 12.4. The molecule has 0 unspecified atom stereocenters. The number of ether oxygens (including phenoxy) is 1. The van der Waals surface area contributed by atoms with E-state index in [0.29, 0.717) is 48.8 Å². The third-order valence-electron chi connectivity index (χ3n) is 7.43. The molecule has 5 heterocycles.